The summed E-state index contributed by atoms with van der Waals surface area (Å²) in [6.45, 7) is 8.17. The first kappa shape index (κ1) is 19.5. The summed E-state index contributed by atoms with van der Waals surface area (Å²) in [5.74, 6) is 0. The highest BCUT2D eigenvalue weighted by Gasteiger charge is 2.23. The number of aryl methyl sites for hydroxylation is 3. The molecule has 3 N–H and O–H groups in total. The number of aromatic nitrogens is 1. The Labute approximate surface area is 161 Å². The minimum atomic E-state index is -3.58. The van der Waals surface area contributed by atoms with Crippen LogP contribution in [-0.4, -0.2) is 26.0 Å². The predicted octanol–water partition coefficient (Wildman–Crippen LogP) is 4.26. The van der Waals surface area contributed by atoms with Gasteiger partial charge in [-0.25, -0.2) is 13.1 Å². The summed E-state index contributed by atoms with van der Waals surface area (Å²) in [4.78, 5) is 3.61. The van der Waals surface area contributed by atoms with Gasteiger partial charge in [-0.2, -0.15) is 0 Å². The fraction of sp³-hybridized carbons (Fsp3) is 0.333. The van der Waals surface area contributed by atoms with Gasteiger partial charge < -0.3 is 10.3 Å². The first-order chi connectivity index (χ1) is 12.8. The number of fused-ring (bicyclic) bond motifs is 1. The normalized spacial score (nSPS) is 13.0. The SMILES string of the molecule is CC[C@@H](CNc1cccc2cc[nH]c12)NS(=O)(=O)c1c(C)cc(C)cc1C. The van der Waals surface area contributed by atoms with Crippen molar-refractivity contribution in [3.05, 3.63) is 59.3 Å². The van der Waals surface area contributed by atoms with Gasteiger partial charge in [-0.3, -0.25) is 0 Å². The number of para-hydroxylation sites is 1. The number of hydrogen-bond donors (Lipinski definition) is 3. The van der Waals surface area contributed by atoms with Crippen LogP contribution in [0.2, 0.25) is 0 Å². The van der Waals surface area contributed by atoms with Crippen molar-refractivity contribution in [1.29, 1.82) is 0 Å². The molecular formula is C21H27N3O2S. The molecule has 3 rings (SSSR count). The molecular weight excluding hydrogens is 358 g/mol. The zero-order valence-electron chi connectivity index (χ0n) is 16.3. The molecule has 1 heterocycles. The number of benzene rings is 2. The molecule has 27 heavy (non-hydrogen) atoms. The van der Waals surface area contributed by atoms with Crippen molar-refractivity contribution in [3.63, 3.8) is 0 Å². The van der Waals surface area contributed by atoms with E-state index in [0.717, 1.165) is 33.3 Å². The first-order valence-corrected chi connectivity index (χ1v) is 10.7. The lowest BCUT2D eigenvalue weighted by molar-refractivity contribution is 0.547. The number of H-pyrrole nitrogens is 1. The summed E-state index contributed by atoms with van der Waals surface area (Å²) in [5.41, 5.74) is 4.62. The Morgan fingerprint density at radius 2 is 1.78 bits per heavy atom. The van der Waals surface area contributed by atoms with E-state index in [9.17, 15) is 8.42 Å². The molecule has 144 valence electrons. The van der Waals surface area contributed by atoms with Crippen LogP contribution < -0.4 is 10.0 Å². The van der Waals surface area contributed by atoms with E-state index in [1.54, 1.807) is 0 Å². The number of hydrogen-bond acceptors (Lipinski definition) is 3. The lowest BCUT2D eigenvalue weighted by atomic mass is 10.1. The molecule has 1 atom stereocenters. The summed E-state index contributed by atoms with van der Waals surface area (Å²) < 4.78 is 28.9. The molecule has 0 saturated carbocycles. The van der Waals surface area contributed by atoms with Gasteiger partial charge in [-0.1, -0.05) is 36.8 Å². The van der Waals surface area contributed by atoms with Crippen molar-refractivity contribution in [2.45, 2.75) is 45.1 Å². The summed E-state index contributed by atoms with van der Waals surface area (Å²) in [6, 6.07) is 11.7. The maximum Gasteiger partial charge on any atom is 0.241 e. The van der Waals surface area contributed by atoms with E-state index in [1.165, 1.54) is 0 Å². The smallest absolute Gasteiger partial charge is 0.241 e. The van der Waals surface area contributed by atoms with Crippen LogP contribution >= 0.6 is 0 Å². The second-order valence-corrected chi connectivity index (χ2v) is 8.73. The molecule has 0 bridgehead atoms. The molecule has 2 aromatic carbocycles. The third-order valence-electron chi connectivity index (χ3n) is 4.81. The summed E-state index contributed by atoms with van der Waals surface area (Å²) in [5, 5.41) is 4.50. The highest BCUT2D eigenvalue weighted by Crippen LogP contribution is 2.23. The van der Waals surface area contributed by atoms with Gasteiger partial charge in [0.1, 0.15) is 0 Å². The van der Waals surface area contributed by atoms with E-state index in [0.29, 0.717) is 17.9 Å². The van der Waals surface area contributed by atoms with Gasteiger partial charge in [0.25, 0.3) is 0 Å². The monoisotopic (exact) mass is 385 g/mol. The Balaban J connectivity index is 1.78. The molecule has 0 unspecified atom stereocenters. The Morgan fingerprint density at radius 1 is 1.07 bits per heavy atom. The maximum absolute atomic E-state index is 13.0. The van der Waals surface area contributed by atoms with Crippen LogP contribution in [0.3, 0.4) is 0 Å². The molecule has 0 amide bonds. The van der Waals surface area contributed by atoms with Crippen LogP contribution in [0.25, 0.3) is 10.9 Å². The van der Waals surface area contributed by atoms with Crippen LogP contribution in [0.4, 0.5) is 5.69 Å². The molecule has 1 aromatic heterocycles. The fourth-order valence-electron chi connectivity index (χ4n) is 3.60. The number of anilines is 1. The number of sulfonamides is 1. The van der Waals surface area contributed by atoms with E-state index in [2.05, 4.69) is 15.0 Å². The van der Waals surface area contributed by atoms with E-state index in [1.807, 2.05) is 70.3 Å². The van der Waals surface area contributed by atoms with Crippen molar-refractivity contribution >= 4 is 26.6 Å². The van der Waals surface area contributed by atoms with Gasteiger partial charge >= 0.3 is 0 Å². The van der Waals surface area contributed by atoms with Gasteiger partial charge in [-0.05, 0) is 50.5 Å². The maximum atomic E-state index is 13.0. The van der Waals surface area contributed by atoms with E-state index in [-0.39, 0.29) is 6.04 Å². The Morgan fingerprint density at radius 3 is 2.44 bits per heavy atom. The number of nitrogens with one attached hydrogen (secondary N) is 3. The average Bonchev–Trinajstić information content (AvgIpc) is 3.06. The third kappa shape index (κ3) is 4.17. The summed E-state index contributed by atoms with van der Waals surface area (Å²) in [7, 11) is -3.58. The predicted molar refractivity (Wildman–Crippen MR) is 112 cm³/mol. The molecule has 0 fully saturated rings. The number of aromatic amines is 1. The highest BCUT2D eigenvalue weighted by atomic mass is 32.2. The molecule has 0 spiro atoms. The Hall–Kier alpha value is -2.31. The molecule has 0 saturated heterocycles. The van der Waals surface area contributed by atoms with Crippen molar-refractivity contribution in [1.82, 2.24) is 9.71 Å². The van der Waals surface area contributed by atoms with Crippen molar-refractivity contribution in [3.8, 4) is 0 Å². The van der Waals surface area contributed by atoms with E-state index >= 15 is 0 Å². The van der Waals surface area contributed by atoms with Gasteiger partial charge in [0.2, 0.25) is 10.0 Å². The van der Waals surface area contributed by atoms with Crippen LogP contribution in [0.1, 0.15) is 30.0 Å². The van der Waals surface area contributed by atoms with Gasteiger partial charge in [0.15, 0.2) is 0 Å². The van der Waals surface area contributed by atoms with E-state index < -0.39 is 10.0 Å². The lowest BCUT2D eigenvalue weighted by Crippen LogP contribution is -2.39. The van der Waals surface area contributed by atoms with Crippen LogP contribution in [-0.2, 0) is 10.0 Å². The number of rotatable bonds is 7. The fourth-order valence-corrected chi connectivity index (χ4v) is 5.38. The van der Waals surface area contributed by atoms with Crippen molar-refractivity contribution in [2.24, 2.45) is 0 Å². The summed E-state index contributed by atoms with van der Waals surface area (Å²) >= 11 is 0. The second kappa shape index (κ2) is 7.74. The average molecular weight is 386 g/mol. The van der Waals surface area contributed by atoms with Gasteiger partial charge in [0.05, 0.1) is 16.1 Å². The lowest BCUT2D eigenvalue weighted by Gasteiger charge is -2.20. The third-order valence-corrected chi connectivity index (χ3v) is 6.64. The Bertz CT molecular complexity index is 1030. The zero-order valence-corrected chi connectivity index (χ0v) is 17.1. The molecule has 3 aromatic rings. The first-order valence-electron chi connectivity index (χ1n) is 9.22. The van der Waals surface area contributed by atoms with Crippen LogP contribution in [0.5, 0.6) is 0 Å². The molecule has 5 nitrogen and oxygen atoms in total. The highest BCUT2D eigenvalue weighted by molar-refractivity contribution is 7.89. The second-order valence-electron chi connectivity index (χ2n) is 7.08. The topological polar surface area (TPSA) is 74.0 Å². The largest absolute Gasteiger partial charge is 0.382 e. The molecule has 6 heteroatoms. The van der Waals surface area contributed by atoms with Crippen molar-refractivity contribution in [2.75, 3.05) is 11.9 Å². The van der Waals surface area contributed by atoms with E-state index in [4.69, 9.17) is 0 Å². The minimum Gasteiger partial charge on any atom is -0.382 e. The molecule has 0 aliphatic carbocycles. The zero-order chi connectivity index (χ0) is 19.6. The Kier molecular flexibility index (Phi) is 5.58. The molecule has 0 aliphatic rings. The van der Waals surface area contributed by atoms with Gasteiger partial charge in [-0.15, -0.1) is 0 Å². The quantitative estimate of drug-likeness (QED) is 0.569. The van der Waals surface area contributed by atoms with Crippen LogP contribution in [0, 0.1) is 20.8 Å². The summed E-state index contributed by atoms with van der Waals surface area (Å²) in [6.07, 6.45) is 2.59. The molecule has 0 aliphatic heterocycles. The van der Waals surface area contributed by atoms with Crippen LogP contribution in [0.15, 0.2) is 47.5 Å². The van der Waals surface area contributed by atoms with Gasteiger partial charge in [0, 0.05) is 24.2 Å². The minimum absolute atomic E-state index is 0.208. The van der Waals surface area contributed by atoms with Crippen molar-refractivity contribution < 1.29 is 8.42 Å². The molecule has 0 radical (unpaired) electrons. The standard InChI is InChI=1S/C21H27N3O2S/c1-5-18(13-23-19-8-6-7-17-9-10-22-20(17)19)24-27(25,26)21-15(3)11-14(2)12-16(21)4/h6-12,18,22-24H,5,13H2,1-4H3/t18-/m0/s1.